The highest BCUT2D eigenvalue weighted by molar-refractivity contribution is 5.91. The molecule has 1 atom stereocenters. The van der Waals surface area contributed by atoms with Crippen LogP contribution in [0.5, 0.6) is 0 Å². The van der Waals surface area contributed by atoms with E-state index in [1.165, 1.54) is 0 Å². The Morgan fingerprint density at radius 2 is 2.25 bits per heavy atom. The minimum absolute atomic E-state index is 0.236. The Morgan fingerprint density at radius 3 is 2.75 bits per heavy atom. The first-order valence-corrected chi connectivity index (χ1v) is 5.51. The highest BCUT2D eigenvalue weighted by Gasteiger charge is 2.21. The van der Waals surface area contributed by atoms with E-state index in [0.29, 0.717) is 12.2 Å². The molecular formula is C12H19NO3. The predicted molar refractivity (Wildman–Crippen MR) is 61.3 cm³/mol. The number of rotatable bonds is 5. The lowest BCUT2D eigenvalue weighted by Crippen LogP contribution is -2.40. The van der Waals surface area contributed by atoms with Crippen LogP contribution in [-0.4, -0.2) is 23.2 Å². The zero-order valence-corrected chi connectivity index (χ0v) is 10.0. The molecule has 0 spiro atoms. The second kappa shape index (κ2) is 5.16. The Kier molecular flexibility index (Phi) is 4.12. The largest absolute Gasteiger partial charge is 0.456 e. The van der Waals surface area contributed by atoms with Gasteiger partial charge in [-0.25, -0.2) is 0 Å². The molecule has 0 aliphatic heterocycles. The zero-order valence-electron chi connectivity index (χ0n) is 10.0. The van der Waals surface area contributed by atoms with E-state index in [4.69, 9.17) is 4.42 Å². The number of hydrogen-bond donors (Lipinski definition) is 2. The van der Waals surface area contributed by atoms with Crippen LogP contribution in [0, 0.1) is 6.92 Å². The SMILES string of the molecule is CCCC(C)(O)CNC(=O)c1ccc(C)o1. The van der Waals surface area contributed by atoms with Crippen LogP contribution in [-0.2, 0) is 0 Å². The molecule has 0 saturated heterocycles. The van der Waals surface area contributed by atoms with E-state index in [1.807, 2.05) is 6.92 Å². The lowest BCUT2D eigenvalue weighted by Gasteiger charge is -2.22. The summed E-state index contributed by atoms with van der Waals surface area (Å²) in [7, 11) is 0. The summed E-state index contributed by atoms with van der Waals surface area (Å²) in [6.45, 7) is 5.72. The summed E-state index contributed by atoms with van der Waals surface area (Å²) in [4.78, 5) is 11.6. The first-order chi connectivity index (χ1) is 7.44. The molecular weight excluding hydrogens is 206 g/mol. The molecule has 1 rings (SSSR count). The molecule has 1 aromatic heterocycles. The Labute approximate surface area is 95.7 Å². The summed E-state index contributed by atoms with van der Waals surface area (Å²) < 4.78 is 5.18. The van der Waals surface area contributed by atoms with Crippen molar-refractivity contribution >= 4 is 5.91 Å². The van der Waals surface area contributed by atoms with Gasteiger partial charge in [-0.2, -0.15) is 0 Å². The number of carbonyl (C=O) groups excluding carboxylic acids is 1. The predicted octanol–water partition coefficient (Wildman–Crippen LogP) is 1.87. The van der Waals surface area contributed by atoms with Crippen molar-refractivity contribution in [1.29, 1.82) is 0 Å². The van der Waals surface area contributed by atoms with Crippen molar-refractivity contribution in [3.05, 3.63) is 23.7 Å². The van der Waals surface area contributed by atoms with Gasteiger partial charge in [0.15, 0.2) is 5.76 Å². The van der Waals surface area contributed by atoms with Crippen LogP contribution in [0.2, 0.25) is 0 Å². The third-order valence-electron chi connectivity index (χ3n) is 2.38. The lowest BCUT2D eigenvalue weighted by molar-refractivity contribution is 0.0463. The molecule has 0 fully saturated rings. The molecule has 1 unspecified atom stereocenters. The summed E-state index contributed by atoms with van der Waals surface area (Å²) in [5.74, 6) is 0.694. The number of aryl methyl sites for hydroxylation is 1. The van der Waals surface area contributed by atoms with Gasteiger partial charge in [-0.15, -0.1) is 0 Å². The van der Waals surface area contributed by atoms with Gasteiger partial charge < -0.3 is 14.8 Å². The summed E-state index contributed by atoms with van der Waals surface area (Å²) in [6, 6.07) is 3.36. The van der Waals surface area contributed by atoms with Crippen LogP contribution in [0.1, 0.15) is 43.0 Å². The normalized spacial score (nSPS) is 14.5. The molecule has 1 heterocycles. The first kappa shape index (κ1) is 12.8. The quantitative estimate of drug-likeness (QED) is 0.804. The number of nitrogens with one attached hydrogen (secondary N) is 1. The monoisotopic (exact) mass is 225 g/mol. The van der Waals surface area contributed by atoms with Crippen molar-refractivity contribution in [2.75, 3.05) is 6.54 Å². The van der Waals surface area contributed by atoms with E-state index in [9.17, 15) is 9.90 Å². The molecule has 0 aliphatic rings. The second-order valence-corrected chi connectivity index (χ2v) is 4.34. The van der Waals surface area contributed by atoms with E-state index in [1.54, 1.807) is 26.0 Å². The van der Waals surface area contributed by atoms with E-state index >= 15 is 0 Å². The zero-order chi connectivity index (χ0) is 12.2. The minimum Gasteiger partial charge on any atom is -0.456 e. The Balaban J connectivity index is 2.47. The molecule has 1 amide bonds. The van der Waals surface area contributed by atoms with Gasteiger partial charge in [0.05, 0.1) is 5.60 Å². The molecule has 0 bridgehead atoms. The lowest BCUT2D eigenvalue weighted by atomic mass is 10.0. The Morgan fingerprint density at radius 1 is 1.56 bits per heavy atom. The fourth-order valence-corrected chi connectivity index (χ4v) is 1.54. The highest BCUT2D eigenvalue weighted by atomic mass is 16.3. The van der Waals surface area contributed by atoms with Crippen LogP contribution in [0.25, 0.3) is 0 Å². The number of amides is 1. The molecule has 4 nitrogen and oxygen atoms in total. The topological polar surface area (TPSA) is 62.5 Å². The number of aliphatic hydroxyl groups is 1. The molecule has 4 heteroatoms. The third kappa shape index (κ3) is 3.70. The van der Waals surface area contributed by atoms with Crippen molar-refractivity contribution in [2.24, 2.45) is 0 Å². The van der Waals surface area contributed by atoms with Gasteiger partial charge in [0, 0.05) is 6.54 Å². The summed E-state index contributed by atoms with van der Waals surface area (Å²) in [5, 5.41) is 12.5. The van der Waals surface area contributed by atoms with Gasteiger partial charge in [0.2, 0.25) is 0 Å². The van der Waals surface area contributed by atoms with Gasteiger partial charge in [0.1, 0.15) is 5.76 Å². The molecule has 2 N–H and O–H groups in total. The second-order valence-electron chi connectivity index (χ2n) is 4.34. The Hall–Kier alpha value is -1.29. The number of hydrogen-bond acceptors (Lipinski definition) is 3. The van der Waals surface area contributed by atoms with Crippen LogP contribution < -0.4 is 5.32 Å². The Bertz CT molecular complexity index is 355. The van der Waals surface area contributed by atoms with Crippen molar-refractivity contribution in [3.8, 4) is 0 Å². The van der Waals surface area contributed by atoms with E-state index < -0.39 is 5.60 Å². The molecule has 0 radical (unpaired) electrons. The maximum atomic E-state index is 11.6. The fourth-order valence-electron chi connectivity index (χ4n) is 1.54. The average Bonchev–Trinajstić information content (AvgIpc) is 2.61. The maximum Gasteiger partial charge on any atom is 0.287 e. The highest BCUT2D eigenvalue weighted by Crippen LogP contribution is 2.11. The van der Waals surface area contributed by atoms with Crippen LogP contribution in [0.3, 0.4) is 0 Å². The molecule has 0 aromatic carbocycles. The van der Waals surface area contributed by atoms with E-state index in [0.717, 1.165) is 6.42 Å². The fraction of sp³-hybridized carbons (Fsp3) is 0.583. The van der Waals surface area contributed by atoms with Crippen molar-refractivity contribution in [1.82, 2.24) is 5.32 Å². The van der Waals surface area contributed by atoms with Crippen molar-refractivity contribution in [2.45, 2.75) is 39.2 Å². The summed E-state index contributed by atoms with van der Waals surface area (Å²) in [5.41, 5.74) is -0.855. The smallest absolute Gasteiger partial charge is 0.287 e. The van der Waals surface area contributed by atoms with Gasteiger partial charge in [0.25, 0.3) is 5.91 Å². The van der Waals surface area contributed by atoms with Gasteiger partial charge in [-0.05, 0) is 32.4 Å². The van der Waals surface area contributed by atoms with E-state index in [-0.39, 0.29) is 18.2 Å². The first-order valence-electron chi connectivity index (χ1n) is 5.51. The summed E-state index contributed by atoms with van der Waals surface area (Å²) in [6.07, 6.45) is 1.53. The van der Waals surface area contributed by atoms with E-state index in [2.05, 4.69) is 5.32 Å². The van der Waals surface area contributed by atoms with Crippen LogP contribution in [0.15, 0.2) is 16.5 Å². The van der Waals surface area contributed by atoms with Gasteiger partial charge in [-0.1, -0.05) is 13.3 Å². The van der Waals surface area contributed by atoms with Gasteiger partial charge in [-0.3, -0.25) is 4.79 Å². The molecule has 0 aliphatic carbocycles. The molecule has 90 valence electrons. The minimum atomic E-state index is -0.855. The number of carbonyl (C=O) groups is 1. The standard InChI is InChI=1S/C12H19NO3/c1-4-7-12(3,15)8-13-11(14)10-6-5-9(2)16-10/h5-6,15H,4,7-8H2,1-3H3,(H,13,14). The molecule has 16 heavy (non-hydrogen) atoms. The summed E-state index contributed by atoms with van der Waals surface area (Å²) >= 11 is 0. The third-order valence-corrected chi connectivity index (χ3v) is 2.38. The van der Waals surface area contributed by atoms with Crippen LogP contribution in [0.4, 0.5) is 0 Å². The average molecular weight is 225 g/mol. The van der Waals surface area contributed by atoms with Crippen molar-refractivity contribution in [3.63, 3.8) is 0 Å². The maximum absolute atomic E-state index is 11.6. The van der Waals surface area contributed by atoms with Crippen molar-refractivity contribution < 1.29 is 14.3 Å². The van der Waals surface area contributed by atoms with Gasteiger partial charge >= 0.3 is 0 Å². The molecule has 0 saturated carbocycles. The van der Waals surface area contributed by atoms with Crippen LogP contribution >= 0.6 is 0 Å². The number of furan rings is 1. The molecule has 1 aromatic rings.